The van der Waals surface area contributed by atoms with Crippen molar-refractivity contribution in [3.63, 3.8) is 0 Å². The van der Waals surface area contributed by atoms with E-state index in [1.54, 1.807) is 0 Å². The maximum atomic E-state index is 12.0. The fraction of sp³-hybridized carbons (Fsp3) is 0.500. The van der Waals surface area contributed by atoms with Crippen LogP contribution < -0.4 is 9.47 Å². The molecule has 1 aliphatic heterocycles. The van der Waals surface area contributed by atoms with Crippen LogP contribution in [-0.2, 0) is 0 Å². The average Bonchev–Trinajstić information content (AvgIpc) is 2.45. The number of ether oxygens (including phenoxy) is 2. The first-order valence-corrected chi connectivity index (χ1v) is 6.80. The normalized spacial score (nSPS) is 16.4. The molecule has 0 spiro atoms. The monoisotopic (exact) mass is 319 g/mol. The van der Waals surface area contributed by atoms with E-state index in [1.807, 2.05) is 0 Å². The van der Waals surface area contributed by atoms with Crippen LogP contribution in [0.4, 0.5) is 18.0 Å². The van der Waals surface area contributed by atoms with Gasteiger partial charge < -0.3 is 19.5 Å². The molecule has 122 valence electrons. The van der Waals surface area contributed by atoms with Crippen molar-refractivity contribution in [3.8, 4) is 11.5 Å². The van der Waals surface area contributed by atoms with E-state index < -0.39 is 12.5 Å². The van der Waals surface area contributed by atoms with Crippen molar-refractivity contribution in [2.24, 2.45) is 5.92 Å². The smallest absolute Gasteiger partial charge is 0.493 e. The van der Waals surface area contributed by atoms with Crippen molar-refractivity contribution < 1.29 is 32.5 Å². The highest BCUT2D eigenvalue weighted by Gasteiger charge is 2.31. The molecule has 2 rings (SSSR count). The van der Waals surface area contributed by atoms with E-state index >= 15 is 0 Å². The molecule has 0 unspecified atom stereocenters. The number of rotatable bonds is 4. The van der Waals surface area contributed by atoms with Crippen LogP contribution in [0.2, 0.25) is 0 Å². The summed E-state index contributed by atoms with van der Waals surface area (Å²) in [4.78, 5) is 12.1. The van der Waals surface area contributed by atoms with Gasteiger partial charge in [0.15, 0.2) is 0 Å². The van der Waals surface area contributed by atoms with E-state index in [0.717, 1.165) is 0 Å². The molecule has 1 aromatic carbocycles. The minimum Gasteiger partial charge on any atom is -0.493 e. The fourth-order valence-corrected chi connectivity index (χ4v) is 2.24. The highest BCUT2D eigenvalue weighted by atomic mass is 19.4. The van der Waals surface area contributed by atoms with Crippen LogP contribution in [-0.4, -0.2) is 42.2 Å². The average molecular weight is 319 g/mol. The topological polar surface area (TPSA) is 59.0 Å². The lowest BCUT2D eigenvalue weighted by atomic mass is 9.98. The second-order valence-electron chi connectivity index (χ2n) is 5.04. The van der Waals surface area contributed by atoms with Gasteiger partial charge in [0, 0.05) is 13.1 Å². The van der Waals surface area contributed by atoms with Gasteiger partial charge in [0.25, 0.3) is 0 Å². The van der Waals surface area contributed by atoms with Gasteiger partial charge in [-0.15, -0.1) is 13.2 Å². The number of nitrogens with zero attached hydrogens (tertiary/aromatic N) is 1. The quantitative estimate of drug-likeness (QED) is 0.924. The third-order valence-electron chi connectivity index (χ3n) is 3.43. The number of halogens is 3. The molecular weight excluding hydrogens is 303 g/mol. The highest BCUT2D eigenvalue weighted by molar-refractivity contribution is 5.64. The zero-order valence-electron chi connectivity index (χ0n) is 11.7. The summed E-state index contributed by atoms with van der Waals surface area (Å²) in [5, 5.41) is 8.84. The minimum atomic E-state index is -4.71. The maximum Gasteiger partial charge on any atom is 0.573 e. The largest absolute Gasteiger partial charge is 0.573 e. The van der Waals surface area contributed by atoms with Crippen LogP contribution in [0, 0.1) is 5.92 Å². The first-order chi connectivity index (χ1) is 10.3. The molecule has 0 atom stereocenters. The molecule has 0 aromatic heterocycles. The number of piperidine rings is 1. The van der Waals surface area contributed by atoms with Gasteiger partial charge in [-0.05, 0) is 43.0 Å². The summed E-state index contributed by atoms with van der Waals surface area (Å²) < 4.78 is 45.4. The number of carboxylic acid groups (broad SMARTS) is 1. The lowest BCUT2D eigenvalue weighted by Crippen LogP contribution is -2.38. The van der Waals surface area contributed by atoms with Crippen molar-refractivity contribution in [1.82, 2.24) is 4.90 Å². The van der Waals surface area contributed by atoms with E-state index in [9.17, 15) is 18.0 Å². The van der Waals surface area contributed by atoms with Gasteiger partial charge in [-0.3, -0.25) is 0 Å². The molecule has 1 N–H and O–H groups in total. The van der Waals surface area contributed by atoms with Crippen LogP contribution in [0.1, 0.15) is 12.8 Å². The summed E-state index contributed by atoms with van der Waals surface area (Å²) >= 11 is 0. The molecule has 5 nitrogen and oxygen atoms in total. The molecule has 22 heavy (non-hydrogen) atoms. The molecular formula is C14H16F3NO4. The van der Waals surface area contributed by atoms with Gasteiger partial charge in [0.05, 0.1) is 6.61 Å². The van der Waals surface area contributed by atoms with Crippen LogP contribution in [0.5, 0.6) is 11.5 Å². The Labute approximate surface area is 125 Å². The van der Waals surface area contributed by atoms with Gasteiger partial charge in [-0.1, -0.05) is 0 Å². The Bertz CT molecular complexity index is 496. The van der Waals surface area contributed by atoms with Gasteiger partial charge in [-0.25, -0.2) is 4.79 Å². The zero-order valence-corrected chi connectivity index (χ0v) is 11.7. The summed E-state index contributed by atoms with van der Waals surface area (Å²) in [6.07, 6.45) is -4.21. The molecule has 1 saturated heterocycles. The van der Waals surface area contributed by atoms with E-state index in [0.29, 0.717) is 38.3 Å². The molecule has 1 fully saturated rings. The summed E-state index contributed by atoms with van der Waals surface area (Å²) in [6, 6.07) is 5.20. The molecule has 0 saturated carbocycles. The van der Waals surface area contributed by atoms with Crippen LogP contribution in [0.3, 0.4) is 0 Å². The summed E-state index contributed by atoms with van der Waals surface area (Å²) in [6.45, 7) is 1.36. The molecule has 0 radical (unpaired) electrons. The van der Waals surface area contributed by atoms with E-state index in [1.165, 1.54) is 29.2 Å². The Morgan fingerprint density at radius 1 is 1.18 bits per heavy atom. The Morgan fingerprint density at radius 3 is 2.23 bits per heavy atom. The first-order valence-electron chi connectivity index (χ1n) is 6.80. The lowest BCUT2D eigenvalue weighted by Gasteiger charge is -2.29. The number of carbonyl (C=O) groups is 1. The SMILES string of the molecule is O=C(O)N1CCC(COc2ccc(OC(F)(F)F)cc2)CC1. The van der Waals surface area contributed by atoms with Crippen molar-refractivity contribution >= 4 is 6.09 Å². The van der Waals surface area contributed by atoms with Crippen molar-refractivity contribution in [2.75, 3.05) is 19.7 Å². The number of likely N-dealkylation sites (tertiary alicyclic amines) is 1. The summed E-state index contributed by atoms with van der Waals surface area (Å²) in [5.41, 5.74) is 0. The molecule has 1 aliphatic rings. The summed E-state index contributed by atoms with van der Waals surface area (Å²) in [7, 11) is 0. The molecule has 0 aliphatic carbocycles. The van der Waals surface area contributed by atoms with Crippen molar-refractivity contribution in [3.05, 3.63) is 24.3 Å². The van der Waals surface area contributed by atoms with Crippen LogP contribution >= 0.6 is 0 Å². The second kappa shape index (κ2) is 6.76. The number of alkyl halides is 3. The number of amides is 1. The number of hydrogen-bond donors (Lipinski definition) is 1. The molecule has 0 bridgehead atoms. The van der Waals surface area contributed by atoms with E-state index in [2.05, 4.69) is 4.74 Å². The molecule has 1 amide bonds. The predicted octanol–water partition coefficient (Wildman–Crippen LogP) is 3.35. The molecule has 1 heterocycles. The molecule has 1 aromatic rings. The zero-order chi connectivity index (χ0) is 16.2. The highest BCUT2D eigenvalue weighted by Crippen LogP contribution is 2.25. The minimum absolute atomic E-state index is 0.238. The number of benzene rings is 1. The maximum absolute atomic E-state index is 12.0. The fourth-order valence-electron chi connectivity index (χ4n) is 2.24. The van der Waals surface area contributed by atoms with Gasteiger partial charge in [-0.2, -0.15) is 0 Å². The van der Waals surface area contributed by atoms with Crippen molar-refractivity contribution in [2.45, 2.75) is 19.2 Å². The van der Waals surface area contributed by atoms with Crippen LogP contribution in [0.15, 0.2) is 24.3 Å². The first kappa shape index (κ1) is 16.3. The molecule has 8 heteroatoms. The number of hydrogen-bond acceptors (Lipinski definition) is 3. The van der Waals surface area contributed by atoms with Gasteiger partial charge in [0.1, 0.15) is 11.5 Å². The standard InChI is InChI=1S/C14H16F3NO4/c15-14(16,17)22-12-3-1-11(2-4-12)21-9-10-5-7-18(8-6-10)13(19)20/h1-4,10H,5-9H2,(H,19,20). The van der Waals surface area contributed by atoms with Crippen molar-refractivity contribution in [1.29, 1.82) is 0 Å². The third-order valence-corrected chi connectivity index (χ3v) is 3.43. The van der Waals surface area contributed by atoms with E-state index in [4.69, 9.17) is 9.84 Å². The Morgan fingerprint density at radius 2 is 1.73 bits per heavy atom. The van der Waals surface area contributed by atoms with E-state index in [-0.39, 0.29) is 11.7 Å². The van der Waals surface area contributed by atoms with Crippen LogP contribution in [0.25, 0.3) is 0 Å². The summed E-state index contributed by atoms with van der Waals surface area (Å²) in [5.74, 6) is 0.395. The van der Waals surface area contributed by atoms with Gasteiger partial charge >= 0.3 is 12.5 Å². The van der Waals surface area contributed by atoms with Gasteiger partial charge in [0.2, 0.25) is 0 Å². The predicted molar refractivity (Wildman–Crippen MR) is 70.9 cm³/mol. The Hall–Kier alpha value is -2.12. The lowest BCUT2D eigenvalue weighted by molar-refractivity contribution is -0.274. The second-order valence-corrected chi connectivity index (χ2v) is 5.04. The third kappa shape index (κ3) is 5.01. The Kier molecular flexibility index (Phi) is 4.99. The Balaban J connectivity index is 1.77.